The molecular formula is C14H13BrClNOS. The van der Waals surface area contributed by atoms with E-state index >= 15 is 0 Å². The molecule has 0 atom stereocenters. The van der Waals surface area contributed by atoms with Crippen LogP contribution in [0.2, 0.25) is 5.02 Å². The van der Waals surface area contributed by atoms with Crippen molar-refractivity contribution in [3.8, 4) is 0 Å². The molecule has 1 N–H and O–H groups in total. The minimum absolute atomic E-state index is 0.0903. The second kappa shape index (κ2) is 6.07. The molecule has 2 aromatic rings. The largest absolute Gasteiger partial charge is 0.320 e. The lowest BCUT2D eigenvalue weighted by Crippen LogP contribution is -2.12. The molecule has 1 aromatic heterocycles. The van der Waals surface area contributed by atoms with Gasteiger partial charge in [-0.1, -0.05) is 18.5 Å². The molecule has 0 saturated heterocycles. The van der Waals surface area contributed by atoms with Crippen molar-refractivity contribution in [2.45, 2.75) is 20.3 Å². The molecule has 19 heavy (non-hydrogen) atoms. The summed E-state index contributed by atoms with van der Waals surface area (Å²) in [4.78, 5) is 13.0. The normalized spacial score (nSPS) is 10.5. The first-order valence-electron chi connectivity index (χ1n) is 5.86. The molecule has 0 aliphatic carbocycles. The average molecular weight is 359 g/mol. The number of thiophene rings is 1. The quantitative estimate of drug-likeness (QED) is 0.794. The first kappa shape index (κ1) is 14.6. The lowest BCUT2D eigenvalue weighted by Gasteiger charge is -2.09. The molecule has 0 aliphatic heterocycles. The van der Waals surface area contributed by atoms with Crippen molar-refractivity contribution >= 4 is 50.5 Å². The standard InChI is InChI=1S/C14H13BrClNOS/c1-3-9-4-5-19-13(9)14(18)17-12-7-11(16)8(2)6-10(12)15/h4-7H,3H2,1-2H3,(H,17,18). The molecule has 2 nitrogen and oxygen atoms in total. The zero-order valence-corrected chi connectivity index (χ0v) is 13.7. The van der Waals surface area contributed by atoms with Crippen LogP contribution in [0.3, 0.4) is 0 Å². The fraction of sp³-hybridized carbons (Fsp3) is 0.214. The van der Waals surface area contributed by atoms with E-state index in [0.29, 0.717) is 10.7 Å². The van der Waals surface area contributed by atoms with E-state index in [9.17, 15) is 4.79 Å². The SMILES string of the molecule is CCc1ccsc1C(=O)Nc1cc(Cl)c(C)cc1Br. The Morgan fingerprint density at radius 3 is 2.89 bits per heavy atom. The number of carbonyl (C=O) groups excluding carboxylic acids is 1. The number of nitrogens with one attached hydrogen (secondary N) is 1. The van der Waals surface area contributed by atoms with Gasteiger partial charge in [0.2, 0.25) is 0 Å². The Balaban J connectivity index is 2.27. The lowest BCUT2D eigenvalue weighted by molar-refractivity contribution is 0.102. The van der Waals surface area contributed by atoms with E-state index in [1.54, 1.807) is 6.07 Å². The molecule has 1 aromatic carbocycles. The third kappa shape index (κ3) is 3.19. The summed E-state index contributed by atoms with van der Waals surface area (Å²) in [5, 5.41) is 5.47. The van der Waals surface area contributed by atoms with Crippen molar-refractivity contribution in [3.05, 3.63) is 49.1 Å². The fourth-order valence-electron chi connectivity index (χ4n) is 1.73. The molecule has 1 amide bonds. The van der Waals surface area contributed by atoms with Gasteiger partial charge >= 0.3 is 0 Å². The summed E-state index contributed by atoms with van der Waals surface area (Å²) < 4.78 is 0.831. The van der Waals surface area contributed by atoms with E-state index in [-0.39, 0.29) is 5.91 Å². The first-order valence-corrected chi connectivity index (χ1v) is 7.91. The number of anilines is 1. The Morgan fingerprint density at radius 1 is 1.47 bits per heavy atom. The number of halogens is 2. The van der Waals surface area contributed by atoms with E-state index < -0.39 is 0 Å². The number of carbonyl (C=O) groups is 1. The maximum absolute atomic E-state index is 12.2. The van der Waals surface area contributed by atoms with Gasteiger partial charge in [-0.05, 0) is 64.0 Å². The second-order valence-corrected chi connectivity index (χ2v) is 6.34. The number of hydrogen-bond acceptors (Lipinski definition) is 2. The van der Waals surface area contributed by atoms with Crippen LogP contribution in [0.5, 0.6) is 0 Å². The van der Waals surface area contributed by atoms with Crippen LogP contribution in [0.1, 0.15) is 27.7 Å². The Hall–Kier alpha value is -0.840. The van der Waals surface area contributed by atoms with Gasteiger partial charge in [0, 0.05) is 9.50 Å². The summed E-state index contributed by atoms with van der Waals surface area (Å²) in [6, 6.07) is 5.64. The molecule has 0 unspecified atom stereocenters. The predicted octanol–water partition coefficient (Wildman–Crippen LogP) is 5.29. The van der Waals surface area contributed by atoms with Crippen LogP contribution in [0.15, 0.2) is 28.1 Å². The van der Waals surface area contributed by atoms with Crippen LogP contribution in [0.25, 0.3) is 0 Å². The first-order chi connectivity index (χ1) is 9.02. The molecule has 1 heterocycles. The van der Waals surface area contributed by atoms with Crippen LogP contribution in [-0.4, -0.2) is 5.91 Å². The number of rotatable bonds is 3. The van der Waals surface area contributed by atoms with Crippen molar-refractivity contribution < 1.29 is 4.79 Å². The minimum atomic E-state index is -0.0903. The molecule has 0 radical (unpaired) electrons. The third-order valence-corrected chi connectivity index (χ3v) is 4.85. The van der Waals surface area contributed by atoms with Gasteiger partial charge in [-0.25, -0.2) is 0 Å². The van der Waals surface area contributed by atoms with Gasteiger partial charge in [-0.3, -0.25) is 4.79 Å². The van der Waals surface area contributed by atoms with E-state index in [4.69, 9.17) is 11.6 Å². The summed E-state index contributed by atoms with van der Waals surface area (Å²) in [6.45, 7) is 3.96. The van der Waals surface area contributed by atoms with E-state index in [2.05, 4.69) is 21.2 Å². The zero-order valence-electron chi connectivity index (χ0n) is 10.6. The summed E-state index contributed by atoms with van der Waals surface area (Å²) >= 11 is 11.0. The fourth-order valence-corrected chi connectivity index (χ4v) is 3.35. The van der Waals surface area contributed by atoms with Gasteiger partial charge in [0.15, 0.2) is 0 Å². The predicted molar refractivity (Wildman–Crippen MR) is 85.5 cm³/mol. The molecule has 0 saturated carbocycles. The maximum Gasteiger partial charge on any atom is 0.266 e. The van der Waals surface area contributed by atoms with Gasteiger partial charge in [-0.15, -0.1) is 11.3 Å². The average Bonchev–Trinajstić information content (AvgIpc) is 2.84. The van der Waals surface area contributed by atoms with Crippen molar-refractivity contribution in [2.75, 3.05) is 5.32 Å². The van der Waals surface area contributed by atoms with Crippen molar-refractivity contribution in [2.24, 2.45) is 0 Å². The molecule has 0 fully saturated rings. The Labute approximate surface area is 129 Å². The molecular weight excluding hydrogens is 346 g/mol. The summed E-state index contributed by atoms with van der Waals surface area (Å²) in [5.41, 5.74) is 2.73. The van der Waals surface area contributed by atoms with E-state index in [1.807, 2.05) is 31.4 Å². The zero-order chi connectivity index (χ0) is 14.0. The molecule has 0 bridgehead atoms. The second-order valence-electron chi connectivity index (χ2n) is 4.16. The van der Waals surface area contributed by atoms with Crippen LogP contribution in [0.4, 0.5) is 5.69 Å². The Kier molecular flexibility index (Phi) is 4.66. The molecule has 2 rings (SSSR count). The van der Waals surface area contributed by atoms with Gasteiger partial charge in [0.05, 0.1) is 10.6 Å². The highest BCUT2D eigenvalue weighted by molar-refractivity contribution is 9.10. The van der Waals surface area contributed by atoms with Crippen LogP contribution in [-0.2, 0) is 6.42 Å². The van der Waals surface area contributed by atoms with Crippen LogP contribution < -0.4 is 5.32 Å². The van der Waals surface area contributed by atoms with Crippen LogP contribution >= 0.6 is 38.9 Å². The highest BCUT2D eigenvalue weighted by atomic mass is 79.9. The minimum Gasteiger partial charge on any atom is -0.320 e. The van der Waals surface area contributed by atoms with Gasteiger partial charge in [0.25, 0.3) is 5.91 Å². The Morgan fingerprint density at radius 2 is 2.21 bits per heavy atom. The topological polar surface area (TPSA) is 29.1 Å². The lowest BCUT2D eigenvalue weighted by atomic mass is 10.2. The van der Waals surface area contributed by atoms with E-state index in [1.165, 1.54) is 11.3 Å². The molecule has 0 aliphatic rings. The highest BCUT2D eigenvalue weighted by Gasteiger charge is 2.14. The Bertz CT molecular complexity index is 624. The van der Waals surface area contributed by atoms with Gasteiger partial charge in [-0.2, -0.15) is 0 Å². The molecule has 100 valence electrons. The van der Waals surface area contributed by atoms with Crippen molar-refractivity contribution in [1.82, 2.24) is 0 Å². The summed E-state index contributed by atoms with van der Waals surface area (Å²) in [5.74, 6) is -0.0903. The smallest absolute Gasteiger partial charge is 0.266 e. The monoisotopic (exact) mass is 357 g/mol. The van der Waals surface area contributed by atoms with Crippen molar-refractivity contribution in [3.63, 3.8) is 0 Å². The molecule has 0 spiro atoms. The number of amides is 1. The van der Waals surface area contributed by atoms with Gasteiger partial charge in [0.1, 0.15) is 0 Å². The number of benzene rings is 1. The van der Waals surface area contributed by atoms with Gasteiger partial charge < -0.3 is 5.32 Å². The summed E-state index contributed by atoms with van der Waals surface area (Å²) in [7, 11) is 0. The summed E-state index contributed by atoms with van der Waals surface area (Å²) in [6.07, 6.45) is 0.849. The number of hydrogen-bond donors (Lipinski definition) is 1. The third-order valence-electron chi connectivity index (χ3n) is 2.83. The maximum atomic E-state index is 12.2. The number of aryl methyl sites for hydroxylation is 2. The molecule has 5 heteroatoms. The van der Waals surface area contributed by atoms with E-state index in [0.717, 1.165) is 26.9 Å². The highest BCUT2D eigenvalue weighted by Crippen LogP contribution is 2.30. The van der Waals surface area contributed by atoms with Crippen LogP contribution in [0, 0.1) is 6.92 Å². The van der Waals surface area contributed by atoms with Crippen molar-refractivity contribution in [1.29, 1.82) is 0 Å².